The van der Waals surface area contributed by atoms with Gasteiger partial charge in [-0.1, -0.05) is 0 Å². The van der Waals surface area contributed by atoms with Gasteiger partial charge in [0.25, 0.3) is 0 Å². The van der Waals surface area contributed by atoms with E-state index in [1.807, 2.05) is 25.9 Å². The van der Waals surface area contributed by atoms with Crippen LogP contribution in [0.15, 0.2) is 4.99 Å². The first-order valence-electron chi connectivity index (χ1n) is 3.26. The van der Waals surface area contributed by atoms with E-state index in [2.05, 4.69) is 4.99 Å². The van der Waals surface area contributed by atoms with Crippen molar-refractivity contribution in [2.24, 2.45) is 16.5 Å². The number of nitrogens with zero attached hydrogens (tertiary/aromatic N) is 2. The van der Waals surface area contributed by atoms with Crippen molar-refractivity contribution in [3.63, 3.8) is 0 Å². The fourth-order valence-electron chi connectivity index (χ4n) is 0.824. The quantitative estimate of drug-likeness (QED) is 0.403. The first kappa shape index (κ1) is 9.23. The Labute approximate surface area is 61.9 Å². The van der Waals surface area contributed by atoms with E-state index in [-0.39, 0.29) is 12.0 Å². The molecule has 0 heterocycles. The molecule has 1 unspecified atom stereocenters. The standard InChI is InChI=1S/C6H16N4/c1-5(4-10(2)3)9-6(7)8/h5H,4H2,1-3H3,(H4,7,8,9). The van der Waals surface area contributed by atoms with E-state index < -0.39 is 0 Å². The van der Waals surface area contributed by atoms with Crippen molar-refractivity contribution in [1.29, 1.82) is 0 Å². The zero-order chi connectivity index (χ0) is 8.15. The van der Waals surface area contributed by atoms with E-state index in [1.54, 1.807) is 0 Å². The average Bonchev–Trinajstić information content (AvgIpc) is 1.58. The van der Waals surface area contributed by atoms with E-state index >= 15 is 0 Å². The molecule has 0 aromatic carbocycles. The molecule has 60 valence electrons. The van der Waals surface area contributed by atoms with Gasteiger partial charge >= 0.3 is 0 Å². The van der Waals surface area contributed by atoms with Gasteiger partial charge in [-0.05, 0) is 21.0 Å². The van der Waals surface area contributed by atoms with E-state index in [1.165, 1.54) is 0 Å². The number of rotatable bonds is 3. The minimum absolute atomic E-state index is 0.161. The number of hydrogen-bond acceptors (Lipinski definition) is 2. The summed E-state index contributed by atoms with van der Waals surface area (Å²) in [5.41, 5.74) is 10.4. The lowest BCUT2D eigenvalue weighted by Crippen LogP contribution is -2.29. The third-order valence-electron chi connectivity index (χ3n) is 0.999. The Morgan fingerprint density at radius 1 is 1.50 bits per heavy atom. The predicted molar refractivity (Wildman–Crippen MR) is 43.8 cm³/mol. The average molecular weight is 144 g/mol. The lowest BCUT2D eigenvalue weighted by Gasteiger charge is -2.12. The first-order valence-corrected chi connectivity index (χ1v) is 3.26. The molecule has 4 nitrogen and oxygen atoms in total. The number of aliphatic imine (C=N–C) groups is 1. The number of nitrogens with two attached hydrogens (primary N) is 2. The summed E-state index contributed by atoms with van der Waals surface area (Å²) in [6.07, 6.45) is 0. The van der Waals surface area contributed by atoms with Crippen LogP contribution in [0.2, 0.25) is 0 Å². The minimum Gasteiger partial charge on any atom is -0.370 e. The Bertz CT molecular complexity index is 115. The van der Waals surface area contributed by atoms with Gasteiger partial charge in [-0.15, -0.1) is 0 Å². The zero-order valence-electron chi connectivity index (χ0n) is 6.83. The molecular weight excluding hydrogens is 128 g/mol. The van der Waals surface area contributed by atoms with Gasteiger partial charge in [0.15, 0.2) is 5.96 Å². The van der Waals surface area contributed by atoms with Gasteiger partial charge < -0.3 is 16.4 Å². The first-order chi connectivity index (χ1) is 4.52. The van der Waals surface area contributed by atoms with E-state index in [0.717, 1.165) is 6.54 Å². The molecule has 4 heteroatoms. The van der Waals surface area contributed by atoms with Gasteiger partial charge in [0.05, 0.1) is 6.04 Å². The number of likely N-dealkylation sites (N-methyl/N-ethyl adjacent to an activating group) is 1. The van der Waals surface area contributed by atoms with Crippen molar-refractivity contribution in [2.75, 3.05) is 20.6 Å². The molecule has 4 N–H and O–H groups in total. The predicted octanol–water partition coefficient (Wildman–Crippen LogP) is -0.790. The molecule has 0 aliphatic rings. The van der Waals surface area contributed by atoms with Crippen LogP contribution in [0.5, 0.6) is 0 Å². The van der Waals surface area contributed by atoms with Crippen LogP contribution in [0.4, 0.5) is 0 Å². The second kappa shape index (κ2) is 4.11. The Hall–Kier alpha value is -0.770. The summed E-state index contributed by atoms with van der Waals surface area (Å²) >= 11 is 0. The molecule has 10 heavy (non-hydrogen) atoms. The molecule has 0 rings (SSSR count). The molecule has 0 aromatic heterocycles. The van der Waals surface area contributed by atoms with Crippen LogP contribution in [0.25, 0.3) is 0 Å². The number of guanidine groups is 1. The maximum absolute atomic E-state index is 5.18. The number of hydrogen-bond donors (Lipinski definition) is 2. The van der Waals surface area contributed by atoms with Crippen molar-refractivity contribution in [2.45, 2.75) is 13.0 Å². The second-order valence-corrected chi connectivity index (χ2v) is 2.67. The van der Waals surface area contributed by atoms with Crippen LogP contribution < -0.4 is 11.5 Å². The molecule has 0 amide bonds. The normalized spacial score (nSPS) is 13.2. The van der Waals surface area contributed by atoms with E-state index in [0.29, 0.717) is 0 Å². The second-order valence-electron chi connectivity index (χ2n) is 2.67. The third kappa shape index (κ3) is 5.37. The van der Waals surface area contributed by atoms with Crippen LogP contribution in [-0.4, -0.2) is 37.5 Å². The lowest BCUT2D eigenvalue weighted by atomic mass is 10.3. The summed E-state index contributed by atoms with van der Waals surface area (Å²) in [6, 6.07) is 0.181. The summed E-state index contributed by atoms with van der Waals surface area (Å²) in [4.78, 5) is 5.99. The fraction of sp³-hybridized carbons (Fsp3) is 0.833. The van der Waals surface area contributed by atoms with Gasteiger partial charge in [0, 0.05) is 6.54 Å². The van der Waals surface area contributed by atoms with Crippen molar-refractivity contribution in [3.05, 3.63) is 0 Å². The van der Waals surface area contributed by atoms with Crippen molar-refractivity contribution >= 4 is 5.96 Å². The minimum atomic E-state index is 0.161. The fourth-order valence-corrected chi connectivity index (χ4v) is 0.824. The van der Waals surface area contributed by atoms with Crippen molar-refractivity contribution < 1.29 is 0 Å². The summed E-state index contributed by atoms with van der Waals surface area (Å²) in [5, 5.41) is 0. The van der Waals surface area contributed by atoms with Crippen molar-refractivity contribution in [1.82, 2.24) is 4.90 Å². The molecule has 0 saturated carbocycles. The molecular formula is C6H16N4. The Morgan fingerprint density at radius 2 is 2.00 bits per heavy atom. The van der Waals surface area contributed by atoms with Gasteiger partial charge in [-0.3, -0.25) is 0 Å². The molecule has 0 aliphatic heterocycles. The molecule has 0 aromatic rings. The zero-order valence-corrected chi connectivity index (χ0v) is 6.83. The topological polar surface area (TPSA) is 67.6 Å². The summed E-state index contributed by atoms with van der Waals surface area (Å²) in [7, 11) is 3.97. The molecule has 0 bridgehead atoms. The maximum Gasteiger partial charge on any atom is 0.186 e. The SMILES string of the molecule is CC(CN(C)C)N=C(N)N. The van der Waals surface area contributed by atoms with Crippen LogP contribution in [0.1, 0.15) is 6.92 Å². The molecule has 0 spiro atoms. The Morgan fingerprint density at radius 3 is 2.30 bits per heavy atom. The monoisotopic (exact) mass is 144 g/mol. The Kier molecular flexibility index (Phi) is 3.79. The summed E-state index contributed by atoms with van der Waals surface area (Å²) in [5.74, 6) is 0.161. The summed E-state index contributed by atoms with van der Waals surface area (Å²) < 4.78 is 0. The van der Waals surface area contributed by atoms with E-state index in [4.69, 9.17) is 11.5 Å². The van der Waals surface area contributed by atoms with Gasteiger partial charge in [-0.25, -0.2) is 4.99 Å². The van der Waals surface area contributed by atoms with Gasteiger partial charge in [0.1, 0.15) is 0 Å². The summed E-state index contributed by atoms with van der Waals surface area (Å²) in [6.45, 7) is 2.84. The smallest absolute Gasteiger partial charge is 0.186 e. The highest BCUT2D eigenvalue weighted by Crippen LogP contribution is 1.89. The van der Waals surface area contributed by atoms with E-state index in [9.17, 15) is 0 Å². The third-order valence-corrected chi connectivity index (χ3v) is 0.999. The highest BCUT2D eigenvalue weighted by atomic mass is 15.1. The lowest BCUT2D eigenvalue weighted by molar-refractivity contribution is 0.383. The highest BCUT2D eigenvalue weighted by molar-refractivity contribution is 5.75. The van der Waals surface area contributed by atoms with Crippen LogP contribution in [0, 0.1) is 0 Å². The maximum atomic E-state index is 5.18. The van der Waals surface area contributed by atoms with Gasteiger partial charge in [0.2, 0.25) is 0 Å². The largest absolute Gasteiger partial charge is 0.370 e. The molecule has 1 atom stereocenters. The molecule has 0 aliphatic carbocycles. The van der Waals surface area contributed by atoms with Crippen LogP contribution in [-0.2, 0) is 0 Å². The molecule has 0 saturated heterocycles. The van der Waals surface area contributed by atoms with Crippen molar-refractivity contribution in [3.8, 4) is 0 Å². The molecule has 0 fully saturated rings. The van der Waals surface area contributed by atoms with Crippen LogP contribution in [0.3, 0.4) is 0 Å². The Balaban J connectivity index is 3.64. The van der Waals surface area contributed by atoms with Crippen LogP contribution >= 0.6 is 0 Å². The van der Waals surface area contributed by atoms with Gasteiger partial charge in [-0.2, -0.15) is 0 Å². The highest BCUT2D eigenvalue weighted by Gasteiger charge is 1.99. The molecule has 0 radical (unpaired) electrons.